The molecule has 0 radical (unpaired) electrons. The van der Waals surface area contributed by atoms with Gasteiger partial charge in [0.15, 0.2) is 0 Å². The standard InChI is InChI=1S/C10H21NO/c1-9(2)10(5-8-12)11-6-3-4-7-11/h9-10,12H,3-8H2,1-2H3. The first-order chi connectivity index (χ1) is 5.75. The number of hydrogen-bond acceptors (Lipinski definition) is 2. The van der Waals surface area contributed by atoms with E-state index in [0.717, 1.165) is 6.42 Å². The second-order valence-corrected chi connectivity index (χ2v) is 4.07. The van der Waals surface area contributed by atoms with E-state index in [1.807, 2.05) is 0 Å². The van der Waals surface area contributed by atoms with Crippen LogP contribution in [-0.4, -0.2) is 35.7 Å². The van der Waals surface area contributed by atoms with E-state index in [1.54, 1.807) is 0 Å². The maximum atomic E-state index is 8.92. The highest BCUT2D eigenvalue weighted by molar-refractivity contribution is 4.78. The minimum Gasteiger partial charge on any atom is -0.396 e. The minimum absolute atomic E-state index is 0.333. The fraction of sp³-hybridized carbons (Fsp3) is 1.00. The van der Waals surface area contributed by atoms with Crippen LogP contribution < -0.4 is 0 Å². The van der Waals surface area contributed by atoms with E-state index in [9.17, 15) is 0 Å². The first-order valence-corrected chi connectivity index (χ1v) is 5.10. The number of aliphatic hydroxyl groups excluding tert-OH is 1. The number of hydrogen-bond donors (Lipinski definition) is 1. The lowest BCUT2D eigenvalue weighted by Gasteiger charge is -2.30. The fourth-order valence-corrected chi connectivity index (χ4v) is 2.14. The Kier molecular flexibility index (Phi) is 4.02. The lowest BCUT2D eigenvalue weighted by atomic mass is 10.00. The van der Waals surface area contributed by atoms with Crippen molar-refractivity contribution in [2.24, 2.45) is 5.92 Å². The Labute approximate surface area is 75.6 Å². The summed E-state index contributed by atoms with van der Waals surface area (Å²) in [5.74, 6) is 0.676. The van der Waals surface area contributed by atoms with Crippen LogP contribution in [-0.2, 0) is 0 Å². The maximum Gasteiger partial charge on any atom is 0.0446 e. The van der Waals surface area contributed by atoms with Crippen molar-refractivity contribution in [3.63, 3.8) is 0 Å². The van der Waals surface area contributed by atoms with Crippen molar-refractivity contribution in [1.82, 2.24) is 4.90 Å². The second kappa shape index (κ2) is 4.83. The zero-order valence-corrected chi connectivity index (χ0v) is 8.29. The van der Waals surface area contributed by atoms with Crippen LogP contribution in [0.25, 0.3) is 0 Å². The van der Waals surface area contributed by atoms with Crippen molar-refractivity contribution in [1.29, 1.82) is 0 Å². The highest BCUT2D eigenvalue weighted by Crippen LogP contribution is 2.19. The summed E-state index contributed by atoms with van der Waals surface area (Å²) in [7, 11) is 0. The molecule has 0 aromatic heterocycles. The summed E-state index contributed by atoms with van der Waals surface area (Å²) in [5.41, 5.74) is 0. The van der Waals surface area contributed by atoms with E-state index in [2.05, 4.69) is 18.7 Å². The molecule has 12 heavy (non-hydrogen) atoms. The summed E-state index contributed by atoms with van der Waals surface area (Å²) in [6.07, 6.45) is 3.63. The molecule has 1 saturated heterocycles. The Bertz CT molecular complexity index is 119. The molecule has 1 rings (SSSR count). The zero-order chi connectivity index (χ0) is 8.97. The summed E-state index contributed by atoms with van der Waals surface area (Å²) in [5, 5.41) is 8.92. The quantitative estimate of drug-likeness (QED) is 0.692. The van der Waals surface area contributed by atoms with E-state index < -0.39 is 0 Å². The van der Waals surface area contributed by atoms with Gasteiger partial charge < -0.3 is 10.0 Å². The molecule has 2 nitrogen and oxygen atoms in total. The molecule has 0 aliphatic carbocycles. The Morgan fingerprint density at radius 1 is 1.25 bits per heavy atom. The average molecular weight is 171 g/mol. The van der Waals surface area contributed by atoms with Crippen molar-refractivity contribution < 1.29 is 5.11 Å². The number of likely N-dealkylation sites (tertiary alicyclic amines) is 1. The van der Waals surface area contributed by atoms with Crippen LogP contribution >= 0.6 is 0 Å². The van der Waals surface area contributed by atoms with Gasteiger partial charge in [0.2, 0.25) is 0 Å². The average Bonchev–Trinajstić information content (AvgIpc) is 2.51. The van der Waals surface area contributed by atoms with Gasteiger partial charge in [0, 0.05) is 12.6 Å². The summed E-state index contributed by atoms with van der Waals surface area (Å²) >= 11 is 0. The summed E-state index contributed by atoms with van der Waals surface area (Å²) in [6, 6.07) is 0.609. The lowest BCUT2D eigenvalue weighted by Crippen LogP contribution is -2.37. The molecule has 0 aromatic carbocycles. The van der Waals surface area contributed by atoms with Crippen molar-refractivity contribution in [2.75, 3.05) is 19.7 Å². The van der Waals surface area contributed by atoms with Crippen LogP contribution in [0.2, 0.25) is 0 Å². The third-order valence-electron chi connectivity index (χ3n) is 2.80. The third kappa shape index (κ3) is 2.46. The van der Waals surface area contributed by atoms with E-state index in [4.69, 9.17) is 5.11 Å². The molecule has 0 aromatic rings. The maximum absolute atomic E-state index is 8.92. The fourth-order valence-electron chi connectivity index (χ4n) is 2.14. The third-order valence-corrected chi connectivity index (χ3v) is 2.80. The summed E-state index contributed by atoms with van der Waals surface area (Å²) in [4.78, 5) is 2.53. The summed E-state index contributed by atoms with van der Waals surface area (Å²) < 4.78 is 0. The van der Waals surface area contributed by atoms with Crippen LogP contribution in [0.4, 0.5) is 0 Å². The topological polar surface area (TPSA) is 23.5 Å². The Hall–Kier alpha value is -0.0800. The normalized spacial score (nSPS) is 22.0. The van der Waals surface area contributed by atoms with Gasteiger partial charge in [-0.05, 0) is 38.3 Å². The Morgan fingerprint density at radius 2 is 1.83 bits per heavy atom. The molecule has 1 heterocycles. The highest BCUT2D eigenvalue weighted by atomic mass is 16.3. The van der Waals surface area contributed by atoms with Gasteiger partial charge in [0.05, 0.1) is 0 Å². The molecule has 1 fully saturated rings. The molecule has 0 saturated carbocycles. The van der Waals surface area contributed by atoms with E-state index in [-0.39, 0.29) is 0 Å². The van der Waals surface area contributed by atoms with Gasteiger partial charge in [-0.3, -0.25) is 0 Å². The van der Waals surface area contributed by atoms with Gasteiger partial charge in [0.1, 0.15) is 0 Å². The van der Waals surface area contributed by atoms with Gasteiger partial charge in [-0.15, -0.1) is 0 Å². The Morgan fingerprint density at radius 3 is 2.25 bits per heavy atom. The van der Waals surface area contributed by atoms with E-state index in [1.165, 1.54) is 25.9 Å². The van der Waals surface area contributed by atoms with Gasteiger partial charge in [-0.25, -0.2) is 0 Å². The molecule has 1 unspecified atom stereocenters. The highest BCUT2D eigenvalue weighted by Gasteiger charge is 2.23. The molecule has 1 atom stereocenters. The predicted octanol–water partition coefficient (Wildman–Crippen LogP) is 1.49. The smallest absolute Gasteiger partial charge is 0.0446 e. The van der Waals surface area contributed by atoms with Crippen LogP contribution in [0.5, 0.6) is 0 Å². The Balaban J connectivity index is 2.40. The van der Waals surface area contributed by atoms with E-state index >= 15 is 0 Å². The molecule has 1 aliphatic rings. The largest absolute Gasteiger partial charge is 0.396 e. The number of aliphatic hydroxyl groups is 1. The molecule has 2 heteroatoms. The van der Waals surface area contributed by atoms with Gasteiger partial charge in [-0.1, -0.05) is 13.8 Å². The van der Waals surface area contributed by atoms with Gasteiger partial charge >= 0.3 is 0 Å². The number of nitrogens with zero attached hydrogens (tertiary/aromatic N) is 1. The molecule has 0 spiro atoms. The van der Waals surface area contributed by atoms with E-state index in [0.29, 0.717) is 18.6 Å². The molecule has 72 valence electrons. The van der Waals surface area contributed by atoms with Crippen molar-refractivity contribution in [2.45, 2.75) is 39.2 Å². The molecule has 0 amide bonds. The lowest BCUT2D eigenvalue weighted by molar-refractivity contribution is 0.147. The van der Waals surface area contributed by atoms with Gasteiger partial charge in [-0.2, -0.15) is 0 Å². The molecular formula is C10H21NO. The first kappa shape index (κ1) is 10.0. The van der Waals surface area contributed by atoms with Gasteiger partial charge in [0.25, 0.3) is 0 Å². The molecule has 0 bridgehead atoms. The van der Waals surface area contributed by atoms with Crippen molar-refractivity contribution in [3.8, 4) is 0 Å². The molecule has 1 N–H and O–H groups in total. The van der Waals surface area contributed by atoms with Crippen LogP contribution in [0.3, 0.4) is 0 Å². The number of rotatable bonds is 4. The second-order valence-electron chi connectivity index (χ2n) is 4.07. The molecular weight excluding hydrogens is 150 g/mol. The van der Waals surface area contributed by atoms with Crippen LogP contribution in [0.1, 0.15) is 33.1 Å². The van der Waals surface area contributed by atoms with Crippen LogP contribution in [0.15, 0.2) is 0 Å². The first-order valence-electron chi connectivity index (χ1n) is 5.10. The van der Waals surface area contributed by atoms with Crippen molar-refractivity contribution in [3.05, 3.63) is 0 Å². The SMILES string of the molecule is CC(C)C(CCO)N1CCCC1. The predicted molar refractivity (Wildman–Crippen MR) is 51.1 cm³/mol. The zero-order valence-electron chi connectivity index (χ0n) is 8.29. The summed E-state index contributed by atoms with van der Waals surface area (Å²) in [6.45, 7) is 7.31. The van der Waals surface area contributed by atoms with Crippen molar-refractivity contribution >= 4 is 0 Å². The molecule has 1 aliphatic heterocycles. The monoisotopic (exact) mass is 171 g/mol. The minimum atomic E-state index is 0.333. The van der Waals surface area contributed by atoms with Crippen LogP contribution in [0, 0.1) is 5.92 Å².